The second-order valence-electron chi connectivity index (χ2n) is 6.85. The Morgan fingerprint density at radius 1 is 1.00 bits per heavy atom. The number of fused-ring (bicyclic) bond motifs is 1. The van der Waals surface area contributed by atoms with Crippen LogP contribution < -0.4 is 10.1 Å². The van der Waals surface area contributed by atoms with Crippen LogP contribution in [0.3, 0.4) is 0 Å². The van der Waals surface area contributed by atoms with E-state index in [2.05, 4.69) is 20.3 Å². The van der Waals surface area contributed by atoms with Crippen LogP contribution in [0, 0.1) is 27.7 Å². The average Bonchev–Trinajstić information content (AvgIpc) is 3.02. The molecule has 0 saturated carbocycles. The fraction of sp³-hybridized carbons (Fsp3) is 0.182. The molecule has 0 radical (unpaired) electrons. The fourth-order valence-electron chi connectivity index (χ4n) is 3.12. The van der Waals surface area contributed by atoms with Crippen molar-refractivity contribution in [1.29, 1.82) is 0 Å². The smallest absolute Gasteiger partial charge is 0.266 e. The summed E-state index contributed by atoms with van der Waals surface area (Å²) >= 11 is 1.38. The number of aryl methyl sites for hydroxylation is 4. The Kier molecular flexibility index (Phi) is 4.98. The van der Waals surface area contributed by atoms with Crippen LogP contribution in [0.5, 0.6) is 11.6 Å². The van der Waals surface area contributed by atoms with E-state index in [1.165, 1.54) is 11.3 Å². The fourth-order valence-corrected chi connectivity index (χ4v) is 4.29. The number of amides is 1. The summed E-state index contributed by atoms with van der Waals surface area (Å²) in [4.78, 5) is 27.4. The van der Waals surface area contributed by atoms with Gasteiger partial charge in [0.1, 0.15) is 16.4 Å². The van der Waals surface area contributed by atoms with Gasteiger partial charge < -0.3 is 10.1 Å². The molecule has 1 N–H and O–H groups in total. The molecule has 0 fully saturated rings. The van der Waals surface area contributed by atoms with Gasteiger partial charge in [0.25, 0.3) is 5.91 Å². The van der Waals surface area contributed by atoms with Crippen molar-refractivity contribution in [1.82, 2.24) is 15.0 Å². The molecular formula is C22H20N4O2S. The van der Waals surface area contributed by atoms with E-state index in [-0.39, 0.29) is 5.91 Å². The van der Waals surface area contributed by atoms with E-state index < -0.39 is 0 Å². The number of hydrogen-bond acceptors (Lipinski definition) is 6. The lowest BCUT2D eigenvalue weighted by Crippen LogP contribution is -2.11. The molecule has 0 unspecified atom stereocenters. The first-order valence-electron chi connectivity index (χ1n) is 9.17. The summed E-state index contributed by atoms with van der Waals surface area (Å²) in [5.74, 6) is 1.70. The van der Waals surface area contributed by atoms with Gasteiger partial charge in [0.15, 0.2) is 0 Å². The number of nitrogens with zero attached hydrogens (tertiary/aromatic N) is 3. The first kappa shape index (κ1) is 19.0. The van der Waals surface area contributed by atoms with Crippen molar-refractivity contribution in [3.8, 4) is 11.6 Å². The largest absolute Gasteiger partial charge is 0.439 e. The molecule has 0 aliphatic heterocycles. The van der Waals surface area contributed by atoms with Crippen molar-refractivity contribution in [3.63, 3.8) is 0 Å². The van der Waals surface area contributed by atoms with E-state index in [4.69, 9.17) is 4.74 Å². The third-order valence-corrected chi connectivity index (χ3v) is 5.71. The summed E-state index contributed by atoms with van der Waals surface area (Å²) in [6.45, 7) is 7.74. The van der Waals surface area contributed by atoms with Gasteiger partial charge in [-0.2, -0.15) is 0 Å². The maximum atomic E-state index is 12.8. The van der Waals surface area contributed by atoms with E-state index in [0.29, 0.717) is 28.0 Å². The van der Waals surface area contributed by atoms with Crippen molar-refractivity contribution in [2.24, 2.45) is 0 Å². The topological polar surface area (TPSA) is 77.0 Å². The third kappa shape index (κ3) is 3.95. The third-order valence-electron chi connectivity index (χ3n) is 4.53. The molecule has 29 heavy (non-hydrogen) atoms. The number of ether oxygens (including phenoxy) is 1. The van der Waals surface area contributed by atoms with Crippen LogP contribution in [-0.2, 0) is 0 Å². The van der Waals surface area contributed by atoms with E-state index in [0.717, 1.165) is 27.0 Å². The van der Waals surface area contributed by atoms with E-state index in [1.807, 2.05) is 52.0 Å². The number of carbonyl (C=O) groups excluding carboxylic acids is 1. The number of aromatic nitrogens is 3. The Bertz CT molecular complexity index is 1200. The predicted octanol–water partition coefficient (Wildman–Crippen LogP) is 5.36. The summed E-state index contributed by atoms with van der Waals surface area (Å²) in [6, 6.07) is 11.2. The van der Waals surface area contributed by atoms with Crippen molar-refractivity contribution in [2.45, 2.75) is 27.7 Å². The molecule has 3 heterocycles. The highest BCUT2D eigenvalue weighted by Gasteiger charge is 2.19. The van der Waals surface area contributed by atoms with E-state index >= 15 is 0 Å². The zero-order valence-corrected chi connectivity index (χ0v) is 17.4. The Morgan fingerprint density at radius 2 is 1.76 bits per heavy atom. The highest BCUT2D eigenvalue weighted by Crippen LogP contribution is 2.32. The number of pyridine rings is 1. The lowest BCUT2D eigenvalue weighted by molar-refractivity contribution is 0.103. The number of rotatable bonds is 4. The van der Waals surface area contributed by atoms with Gasteiger partial charge in [0.2, 0.25) is 5.88 Å². The van der Waals surface area contributed by atoms with Crippen molar-refractivity contribution >= 4 is 33.1 Å². The first-order valence-corrected chi connectivity index (χ1v) is 9.98. The van der Waals surface area contributed by atoms with Crippen LogP contribution >= 0.6 is 11.3 Å². The molecule has 0 saturated heterocycles. The number of anilines is 1. The molecule has 4 aromatic rings. The van der Waals surface area contributed by atoms with Crippen LogP contribution in [0.25, 0.3) is 10.2 Å². The van der Waals surface area contributed by atoms with Crippen LogP contribution in [0.4, 0.5) is 5.69 Å². The predicted molar refractivity (Wildman–Crippen MR) is 115 cm³/mol. The van der Waals surface area contributed by atoms with Gasteiger partial charge in [0.05, 0.1) is 16.8 Å². The van der Waals surface area contributed by atoms with Crippen molar-refractivity contribution < 1.29 is 9.53 Å². The minimum absolute atomic E-state index is 0.184. The SMILES string of the molecule is Cc1ccc(Oc2ccc(NC(=O)c3sc4nc(C)nc(C)c4c3C)cn2)cc1. The molecule has 0 aliphatic rings. The Morgan fingerprint density at radius 3 is 2.45 bits per heavy atom. The van der Waals surface area contributed by atoms with Crippen LogP contribution in [0.1, 0.15) is 32.3 Å². The molecule has 6 nitrogen and oxygen atoms in total. The Labute approximate surface area is 172 Å². The summed E-state index contributed by atoms with van der Waals surface area (Å²) in [7, 11) is 0. The van der Waals surface area contributed by atoms with Gasteiger partial charge in [0, 0.05) is 17.1 Å². The van der Waals surface area contributed by atoms with Gasteiger partial charge in [-0.1, -0.05) is 17.7 Å². The van der Waals surface area contributed by atoms with Crippen LogP contribution in [-0.4, -0.2) is 20.9 Å². The average molecular weight is 404 g/mol. The molecule has 146 valence electrons. The molecule has 1 amide bonds. The number of thiophene rings is 1. The van der Waals surface area contributed by atoms with E-state index in [9.17, 15) is 4.79 Å². The van der Waals surface area contributed by atoms with Gasteiger partial charge >= 0.3 is 0 Å². The molecular weight excluding hydrogens is 384 g/mol. The highest BCUT2D eigenvalue weighted by atomic mass is 32.1. The highest BCUT2D eigenvalue weighted by molar-refractivity contribution is 7.20. The molecule has 1 aromatic carbocycles. The first-order chi connectivity index (χ1) is 13.9. The zero-order valence-electron chi connectivity index (χ0n) is 16.6. The van der Waals surface area contributed by atoms with Gasteiger partial charge in [-0.25, -0.2) is 15.0 Å². The maximum Gasteiger partial charge on any atom is 0.266 e. The van der Waals surface area contributed by atoms with Crippen molar-refractivity contribution in [3.05, 3.63) is 70.1 Å². The summed E-state index contributed by atoms with van der Waals surface area (Å²) in [6.07, 6.45) is 1.58. The molecule has 0 spiro atoms. The molecule has 0 aliphatic carbocycles. The van der Waals surface area contributed by atoms with Gasteiger partial charge in [-0.05, 0) is 51.5 Å². The summed E-state index contributed by atoms with van der Waals surface area (Å²) < 4.78 is 5.72. The summed E-state index contributed by atoms with van der Waals surface area (Å²) in [5, 5.41) is 3.85. The monoisotopic (exact) mass is 404 g/mol. The second-order valence-corrected chi connectivity index (χ2v) is 7.85. The van der Waals surface area contributed by atoms with E-state index in [1.54, 1.807) is 18.3 Å². The Balaban J connectivity index is 1.51. The number of benzene rings is 1. The van der Waals surface area contributed by atoms with Crippen LogP contribution in [0.15, 0.2) is 42.6 Å². The number of carbonyl (C=O) groups is 1. The van der Waals surface area contributed by atoms with Crippen LogP contribution in [0.2, 0.25) is 0 Å². The lowest BCUT2D eigenvalue weighted by Gasteiger charge is -2.07. The number of hydrogen-bond donors (Lipinski definition) is 1. The Hall–Kier alpha value is -3.32. The minimum atomic E-state index is -0.184. The van der Waals surface area contributed by atoms with Crippen molar-refractivity contribution in [2.75, 3.05) is 5.32 Å². The quantitative estimate of drug-likeness (QED) is 0.495. The van der Waals surface area contributed by atoms with Gasteiger partial charge in [-0.15, -0.1) is 11.3 Å². The minimum Gasteiger partial charge on any atom is -0.439 e. The molecule has 4 rings (SSSR count). The molecule has 7 heteroatoms. The zero-order chi connectivity index (χ0) is 20.5. The molecule has 3 aromatic heterocycles. The normalized spacial score (nSPS) is 10.9. The molecule has 0 atom stereocenters. The van der Waals surface area contributed by atoms with Gasteiger partial charge in [-0.3, -0.25) is 4.79 Å². The number of nitrogens with one attached hydrogen (secondary N) is 1. The standard InChI is InChI=1S/C22H20N4O2S/c1-12-5-8-17(9-6-12)28-18-10-7-16(11-23-18)26-21(27)20-13(2)19-14(3)24-15(4)25-22(19)29-20/h5-11H,1-4H3,(H,26,27). The summed E-state index contributed by atoms with van der Waals surface area (Å²) in [5.41, 5.74) is 3.55. The maximum absolute atomic E-state index is 12.8. The molecule has 0 bridgehead atoms. The second kappa shape index (κ2) is 7.60. The lowest BCUT2D eigenvalue weighted by atomic mass is 10.1.